The Kier molecular flexibility index (Phi) is 3.86. The third-order valence-corrected chi connectivity index (χ3v) is 4.89. The lowest BCUT2D eigenvalue weighted by atomic mass is 9.98. The third-order valence-electron chi connectivity index (χ3n) is 3.64. The quantitative estimate of drug-likeness (QED) is 0.733. The van der Waals surface area contributed by atoms with Gasteiger partial charge in [-0.1, -0.05) is 49.4 Å². The van der Waals surface area contributed by atoms with Crippen LogP contribution in [0.4, 0.5) is 0 Å². The molecule has 20 heavy (non-hydrogen) atoms. The van der Waals surface area contributed by atoms with E-state index in [1.54, 1.807) is 11.3 Å². The first-order valence-electron chi connectivity index (χ1n) is 7.01. The maximum Gasteiger partial charge on any atom is 0.0844 e. The summed E-state index contributed by atoms with van der Waals surface area (Å²) in [7, 11) is 0. The molecule has 2 heteroatoms. The smallest absolute Gasteiger partial charge is 0.0844 e. The Balaban J connectivity index is 1.90. The summed E-state index contributed by atoms with van der Waals surface area (Å²) >= 11 is 1.80. The molecule has 1 aromatic heterocycles. The summed E-state index contributed by atoms with van der Waals surface area (Å²) in [5.41, 5.74) is 1.02. The van der Waals surface area contributed by atoms with Crippen LogP contribution < -0.4 is 0 Å². The molecule has 0 spiro atoms. The summed E-state index contributed by atoms with van der Waals surface area (Å²) in [6.45, 7) is 2.16. The fourth-order valence-electron chi connectivity index (χ4n) is 2.56. The van der Waals surface area contributed by atoms with E-state index in [1.165, 1.54) is 15.1 Å². The van der Waals surface area contributed by atoms with E-state index >= 15 is 0 Å². The number of thiophene rings is 1. The summed E-state index contributed by atoms with van der Waals surface area (Å²) in [6.07, 6.45) is 1.32. The fourth-order valence-corrected chi connectivity index (χ4v) is 3.56. The van der Waals surface area contributed by atoms with Crippen LogP contribution in [0.2, 0.25) is 0 Å². The lowest BCUT2D eigenvalue weighted by molar-refractivity contribution is 0.181. The van der Waals surface area contributed by atoms with Crippen molar-refractivity contribution < 1.29 is 5.11 Å². The van der Waals surface area contributed by atoms with Gasteiger partial charge in [-0.2, -0.15) is 0 Å². The molecule has 0 bridgehead atoms. The predicted molar refractivity (Wildman–Crippen MR) is 86.3 cm³/mol. The third kappa shape index (κ3) is 2.62. The van der Waals surface area contributed by atoms with Crippen LogP contribution in [0.5, 0.6) is 0 Å². The topological polar surface area (TPSA) is 20.2 Å². The minimum atomic E-state index is -0.440. The van der Waals surface area contributed by atoms with E-state index in [9.17, 15) is 5.11 Å². The molecule has 0 aliphatic heterocycles. The van der Waals surface area contributed by atoms with Gasteiger partial charge in [0, 0.05) is 16.2 Å². The monoisotopic (exact) mass is 282 g/mol. The maximum absolute atomic E-state index is 10.6. The molecule has 0 fully saturated rings. The van der Waals surface area contributed by atoms with E-state index in [1.807, 2.05) is 24.3 Å². The maximum atomic E-state index is 10.6. The van der Waals surface area contributed by atoms with Crippen molar-refractivity contribution in [3.63, 3.8) is 0 Å². The van der Waals surface area contributed by atoms with Gasteiger partial charge in [0.2, 0.25) is 0 Å². The highest BCUT2D eigenvalue weighted by molar-refractivity contribution is 7.11. The predicted octanol–water partition coefficient (Wildman–Crippen LogP) is 4.74. The number of hydrogen-bond acceptors (Lipinski definition) is 2. The van der Waals surface area contributed by atoms with E-state index in [4.69, 9.17) is 0 Å². The minimum Gasteiger partial charge on any atom is -0.388 e. The van der Waals surface area contributed by atoms with Crippen LogP contribution in [0.25, 0.3) is 10.8 Å². The minimum absolute atomic E-state index is 0.440. The van der Waals surface area contributed by atoms with Crippen LogP contribution in [0.1, 0.15) is 28.3 Å². The van der Waals surface area contributed by atoms with E-state index in [0.29, 0.717) is 6.42 Å². The molecule has 3 rings (SSSR count). The average Bonchev–Trinajstić information content (AvgIpc) is 2.94. The van der Waals surface area contributed by atoms with Gasteiger partial charge in [-0.05, 0) is 34.9 Å². The lowest BCUT2D eigenvalue weighted by Gasteiger charge is -2.13. The molecule has 102 valence electrons. The van der Waals surface area contributed by atoms with Crippen molar-refractivity contribution in [2.45, 2.75) is 25.9 Å². The molecule has 1 heterocycles. The number of rotatable bonds is 4. The Hall–Kier alpha value is -1.64. The summed E-state index contributed by atoms with van der Waals surface area (Å²) in [6, 6.07) is 18.7. The highest BCUT2D eigenvalue weighted by atomic mass is 32.1. The van der Waals surface area contributed by atoms with Crippen LogP contribution in [-0.2, 0) is 12.8 Å². The highest BCUT2D eigenvalue weighted by Gasteiger charge is 2.12. The molecule has 0 saturated carbocycles. The molecule has 1 N–H and O–H groups in total. The summed E-state index contributed by atoms with van der Waals surface area (Å²) in [5.74, 6) is 0. The Labute approximate surface area is 123 Å². The van der Waals surface area contributed by atoms with Gasteiger partial charge in [-0.15, -0.1) is 11.3 Å². The van der Waals surface area contributed by atoms with Crippen LogP contribution in [0, 0.1) is 0 Å². The SMILES string of the molecule is CCc1ccc(CC(O)c2cccc3ccccc23)s1. The normalized spacial score (nSPS) is 12.7. The number of fused-ring (bicyclic) bond motifs is 1. The first-order valence-corrected chi connectivity index (χ1v) is 7.83. The van der Waals surface area contributed by atoms with Crippen molar-refractivity contribution in [1.82, 2.24) is 0 Å². The van der Waals surface area contributed by atoms with Gasteiger partial charge < -0.3 is 5.11 Å². The van der Waals surface area contributed by atoms with Gasteiger partial charge in [0.05, 0.1) is 6.10 Å². The number of hydrogen-bond donors (Lipinski definition) is 1. The van der Waals surface area contributed by atoms with Crippen LogP contribution >= 0.6 is 11.3 Å². The molecule has 0 aliphatic rings. The Morgan fingerprint density at radius 1 is 0.950 bits per heavy atom. The van der Waals surface area contributed by atoms with E-state index in [-0.39, 0.29) is 0 Å². The zero-order valence-corrected chi connectivity index (χ0v) is 12.4. The average molecular weight is 282 g/mol. The van der Waals surface area contributed by atoms with E-state index < -0.39 is 6.10 Å². The largest absolute Gasteiger partial charge is 0.388 e. The molecule has 0 amide bonds. The second-order valence-corrected chi connectivity index (χ2v) is 6.26. The molecular weight excluding hydrogens is 264 g/mol. The van der Waals surface area contributed by atoms with Crippen molar-refractivity contribution in [3.05, 3.63) is 69.9 Å². The molecule has 2 aromatic carbocycles. The standard InChI is InChI=1S/C18H18OS/c1-2-14-10-11-15(20-14)12-18(19)17-9-5-7-13-6-3-4-8-16(13)17/h3-11,18-19H,2,12H2,1H3. The van der Waals surface area contributed by atoms with Gasteiger partial charge in [0.25, 0.3) is 0 Å². The molecule has 1 nitrogen and oxygen atoms in total. The molecule has 1 unspecified atom stereocenters. The fraction of sp³-hybridized carbons (Fsp3) is 0.222. The summed E-state index contributed by atoms with van der Waals surface area (Å²) in [4.78, 5) is 2.63. The molecule has 0 aliphatic carbocycles. The van der Waals surface area contributed by atoms with E-state index in [2.05, 4.69) is 37.3 Å². The summed E-state index contributed by atoms with van der Waals surface area (Å²) < 4.78 is 0. The number of aliphatic hydroxyl groups is 1. The van der Waals surface area contributed by atoms with Crippen LogP contribution in [-0.4, -0.2) is 5.11 Å². The zero-order chi connectivity index (χ0) is 13.9. The molecule has 3 aromatic rings. The number of benzene rings is 2. The van der Waals surface area contributed by atoms with Gasteiger partial charge in [0.15, 0.2) is 0 Å². The Morgan fingerprint density at radius 2 is 1.70 bits per heavy atom. The van der Waals surface area contributed by atoms with Crippen molar-refractivity contribution in [3.8, 4) is 0 Å². The highest BCUT2D eigenvalue weighted by Crippen LogP contribution is 2.28. The van der Waals surface area contributed by atoms with E-state index in [0.717, 1.165) is 17.4 Å². The van der Waals surface area contributed by atoms with Crippen LogP contribution in [0.15, 0.2) is 54.6 Å². The zero-order valence-electron chi connectivity index (χ0n) is 11.5. The van der Waals surface area contributed by atoms with Crippen molar-refractivity contribution in [1.29, 1.82) is 0 Å². The molecule has 0 radical (unpaired) electrons. The van der Waals surface area contributed by atoms with Gasteiger partial charge in [-0.3, -0.25) is 0 Å². The molecule has 1 atom stereocenters. The van der Waals surface area contributed by atoms with Crippen LogP contribution in [0.3, 0.4) is 0 Å². The lowest BCUT2D eigenvalue weighted by Crippen LogP contribution is -2.01. The van der Waals surface area contributed by atoms with Gasteiger partial charge in [-0.25, -0.2) is 0 Å². The van der Waals surface area contributed by atoms with Gasteiger partial charge >= 0.3 is 0 Å². The second-order valence-electron chi connectivity index (χ2n) is 5.01. The second kappa shape index (κ2) is 5.78. The first kappa shape index (κ1) is 13.3. The summed E-state index contributed by atoms with van der Waals surface area (Å²) in [5, 5.41) is 12.9. The molecular formula is C18H18OS. The number of aryl methyl sites for hydroxylation is 1. The van der Waals surface area contributed by atoms with Crippen molar-refractivity contribution >= 4 is 22.1 Å². The number of aliphatic hydroxyl groups excluding tert-OH is 1. The first-order chi connectivity index (χ1) is 9.78. The Morgan fingerprint density at radius 3 is 2.50 bits per heavy atom. The van der Waals surface area contributed by atoms with Crippen molar-refractivity contribution in [2.75, 3.05) is 0 Å². The van der Waals surface area contributed by atoms with Crippen molar-refractivity contribution in [2.24, 2.45) is 0 Å². The molecule has 0 saturated heterocycles. The Bertz CT molecular complexity index is 709. The van der Waals surface area contributed by atoms with Gasteiger partial charge in [0.1, 0.15) is 0 Å².